The molecule has 3 N–H and O–H groups in total. The average Bonchev–Trinajstić information content (AvgIpc) is 2.30. The van der Waals surface area contributed by atoms with Gasteiger partial charge in [-0.2, -0.15) is 10.4 Å². The smallest absolute Gasteiger partial charge is 0.332 e. The van der Waals surface area contributed by atoms with Crippen molar-refractivity contribution in [3.8, 4) is 6.07 Å². The van der Waals surface area contributed by atoms with Gasteiger partial charge in [0.2, 0.25) is 0 Å². The Bertz CT molecular complexity index is 281. The fourth-order valence-corrected chi connectivity index (χ4v) is 1.50. The van der Waals surface area contributed by atoms with Gasteiger partial charge in [-0.15, -0.1) is 0 Å². The average molecular weight is 238 g/mol. The first-order valence-electron chi connectivity index (χ1n) is 6.12. The SMILES string of the molecule is CC(CCCCCCCCC#N)=NNC(N)=O. The predicted octanol–water partition coefficient (Wildman–Crippen LogP) is 2.67. The van der Waals surface area contributed by atoms with E-state index in [2.05, 4.69) is 16.6 Å². The number of carbonyl (C=O) groups is 1. The first kappa shape index (κ1) is 15.4. The van der Waals surface area contributed by atoms with E-state index in [1.165, 1.54) is 12.8 Å². The van der Waals surface area contributed by atoms with Crippen LogP contribution in [-0.2, 0) is 0 Å². The van der Waals surface area contributed by atoms with Crippen LogP contribution in [0.3, 0.4) is 0 Å². The van der Waals surface area contributed by atoms with E-state index in [4.69, 9.17) is 11.0 Å². The molecule has 0 aliphatic heterocycles. The summed E-state index contributed by atoms with van der Waals surface area (Å²) in [4.78, 5) is 10.4. The number of hydrogen-bond donors (Lipinski definition) is 2. The molecule has 0 saturated heterocycles. The third-order valence-corrected chi connectivity index (χ3v) is 2.43. The molecule has 5 nitrogen and oxygen atoms in total. The molecular weight excluding hydrogens is 216 g/mol. The van der Waals surface area contributed by atoms with Crippen molar-refractivity contribution in [2.45, 2.75) is 58.3 Å². The summed E-state index contributed by atoms with van der Waals surface area (Å²) in [7, 11) is 0. The summed E-state index contributed by atoms with van der Waals surface area (Å²) >= 11 is 0. The van der Waals surface area contributed by atoms with Crippen LogP contribution in [0, 0.1) is 11.3 Å². The molecule has 0 heterocycles. The number of urea groups is 1. The third-order valence-electron chi connectivity index (χ3n) is 2.43. The van der Waals surface area contributed by atoms with Gasteiger partial charge in [-0.3, -0.25) is 0 Å². The van der Waals surface area contributed by atoms with Gasteiger partial charge in [0.05, 0.1) is 6.07 Å². The highest BCUT2D eigenvalue weighted by atomic mass is 16.2. The molecule has 0 unspecified atom stereocenters. The highest BCUT2D eigenvalue weighted by Gasteiger charge is 1.95. The summed E-state index contributed by atoms with van der Waals surface area (Å²) in [5, 5.41) is 12.2. The van der Waals surface area contributed by atoms with Gasteiger partial charge in [-0.25, -0.2) is 10.2 Å². The zero-order chi connectivity index (χ0) is 12.9. The maximum Gasteiger partial charge on any atom is 0.332 e. The van der Waals surface area contributed by atoms with E-state index in [1.54, 1.807) is 0 Å². The lowest BCUT2D eigenvalue weighted by atomic mass is 10.1. The van der Waals surface area contributed by atoms with Crippen LogP contribution in [0.25, 0.3) is 0 Å². The molecular formula is C12H22N4O. The number of carbonyl (C=O) groups excluding carboxylic acids is 1. The first-order valence-corrected chi connectivity index (χ1v) is 6.12. The molecule has 0 saturated carbocycles. The summed E-state index contributed by atoms with van der Waals surface area (Å²) in [5.41, 5.74) is 8.01. The number of hydrazone groups is 1. The maximum absolute atomic E-state index is 10.4. The molecule has 5 heteroatoms. The molecule has 0 aromatic heterocycles. The molecule has 0 bridgehead atoms. The lowest BCUT2D eigenvalue weighted by Gasteiger charge is -2.01. The van der Waals surface area contributed by atoms with Crippen LogP contribution in [0.4, 0.5) is 4.79 Å². The largest absolute Gasteiger partial charge is 0.350 e. The minimum atomic E-state index is -0.623. The molecule has 0 fully saturated rings. The summed E-state index contributed by atoms with van der Waals surface area (Å²) < 4.78 is 0. The molecule has 17 heavy (non-hydrogen) atoms. The van der Waals surface area contributed by atoms with Crippen molar-refractivity contribution < 1.29 is 4.79 Å². The Morgan fingerprint density at radius 1 is 1.24 bits per heavy atom. The molecule has 0 aromatic rings. The fraction of sp³-hybridized carbons (Fsp3) is 0.750. The van der Waals surface area contributed by atoms with Crippen molar-refractivity contribution in [3.63, 3.8) is 0 Å². The van der Waals surface area contributed by atoms with Crippen LogP contribution in [0.5, 0.6) is 0 Å². The second-order valence-electron chi connectivity index (χ2n) is 4.10. The van der Waals surface area contributed by atoms with Gasteiger partial charge < -0.3 is 5.73 Å². The second-order valence-corrected chi connectivity index (χ2v) is 4.10. The number of nitrogens with zero attached hydrogens (tertiary/aromatic N) is 2. The van der Waals surface area contributed by atoms with Crippen molar-refractivity contribution in [2.75, 3.05) is 0 Å². The zero-order valence-electron chi connectivity index (χ0n) is 10.5. The quantitative estimate of drug-likeness (QED) is 0.367. The molecule has 0 rings (SSSR count). The first-order chi connectivity index (χ1) is 8.16. The number of amides is 2. The van der Waals surface area contributed by atoms with Crippen LogP contribution in [0.15, 0.2) is 5.10 Å². The van der Waals surface area contributed by atoms with E-state index in [9.17, 15) is 4.79 Å². The molecule has 2 amide bonds. The van der Waals surface area contributed by atoms with E-state index in [0.29, 0.717) is 6.42 Å². The number of nitrogens with one attached hydrogen (secondary N) is 1. The number of nitrogens with two attached hydrogens (primary N) is 1. The molecule has 0 spiro atoms. The number of primary amides is 1. The summed E-state index contributed by atoms with van der Waals surface area (Å²) in [6.45, 7) is 1.88. The van der Waals surface area contributed by atoms with Gasteiger partial charge in [-0.1, -0.05) is 25.7 Å². The summed E-state index contributed by atoms with van der Waals surface area (Å²) in [6.07, 6.45) is 8.34. The van der Waals surface area contributed by atoms with E-state index in [0.717, 1.165) is 37.8 Å². The van der Waals surface area contributed by atoms with Gasteiger partial charge in [0.25, 0.3) is 0 Å². The van der Waals surface area contributed by atoms with E-state index >= 15 is 0 Å². The minimum absolute atomic E-state index is 0.623. The van der Waals surface area contributed by atoms with Crippen molar-refractivity contribution in [2.24, 2.45) is 10.8 Å². The number of nitriles is 1. The van der Waals surface area contributed by atoms with Crippen LogP contribution >= 0.6 is 0 Å². The van der Waals surface area contributed by atoms with Crippen LogP contribution in [-0.4, -0.2) is 11.7 Å². The fourth-order valence-electron chi connectivity index (χ4n) is 1.50. The van der Waals surface area contributed by atoms with Crippen molar-refractivity contribution in [1.82, 2.24) is 5.43 Å². The summed E-state index contributed by atoms with van der Waals surface area (Å²) in [5.74, 6) is 0. The molecule has 0 aliphatic rings. The number of hydrogen-bond acceptors (Lipinski definition) is 3. The Labute approximate surface area is 103 Å². The maximum atomic E-state index is 10.4. The molecule has 0 atom stereocenters. The van der Waals surface area contributed by atoms with Gasteiger partial charge in [-0.05, 0) is 26.2 Å². The van der Waals surface area contributed by atoms with E-state index < -0.39 is 6.03 Å². The van der Waals surface area contributed by atoms with Crippen LogP contribution in [0.2, 0.25) is 0 Å². The van der Waals surface area contributed by atoms with E-state index in [1.807, 2.05) is 6.92 Å². The van der Waals surface area contributed by atoms with Crippen molar-refractivity contribution in [1.29, 1.82) is 5.26 Å². The Morgan fingerprint density at radius 3 is 2.41 bits per heavy atom. The van der Waals surface area contributed by atoms with Crippen molar-refractivity contribution >= 4 is 11.7 Å². The topological polar surface area (TPSA) is 91.3 Å². The minimum Gasteiger partial charge on any atom is -0.350 e. The Balaban J connectivity index is 3.30. The lowest BCUT2D eigenvalue weighted by Crippen LogP contribution is -2.25. The highest BCUT2D eigenvalue weighted by molar-refractivity contribution is 5.83. The third kappa shape index (κ3) is 12.4. The number of unbranched alkanes of at least 4 members (excludes halogenated alkanes) is 6. The number of rotatable bonds is 9. The lowest BCUT2D eigenvalue weighted by molar-refractivity contribution is 0.249. The molecule has 0 radical (unpaired) electrons. The Hall–Kier alpha value is -1.57. The van der Waals surface area contributed by atoms with Crippen LogP contribution < -0.4 is 11.2 Å². The van der Waals surface area contributed by atoms with E-state index in [-0.39, 0.29) is 0 Å². The molecule has 96 valence electrons. The molecule has 0 aromatic carbocycles. The monoisotopic (exact) mass is 238 g/mol. The summed E-state index contributed by atoms with van der Waals surface area (Å²) in [6, 6.07) is 1.52. The van der Waals surface area contributed by atoms with Crippen molar-refractivity contribution in [3.05, 3.63) is 0 Å². The normalized spacial score (nSPS) is 10.9. The van der Waals surface area contributed by atoms with Gasteiger partial charge in [0.15, 0.2) is 0 Å². The Morgan fingerprint density at radius 2 is 1.82 bits per heavy atom. The second kappa shape index (κ2) is 10.9. The van der Waals surface area contributed by atoms with Gasteiger partial charge >= 0.3 is 6.03 Å². The van der Waals surface area contributed by atoms with Gasteiger partial charge in [0, 0.05) is 12.1 Å². The zero-order valence-corrected chi connectivity index (χ0v) is 10.5. The standard InChI is InChI=1S/C12H22N4O/c1-11(15-16-12(14)17)9-7-5-3-2-4-6-8-10-13/h2-9H2,1H3,(H3,14,16,17). The molecule has 0 aliphatic carbocycles. The van der Waals surface area contributed by atoms with Gasteiger partial charge in [0.1, 0.15) is 0 Å². The highest BCUT2D eigenvalue weighted by Crippen LogP contribution is 2.08. The Kier molecular flexibility index (Phi) is 9.92. The predicted molar refractivity (Wildman–Crippen MR) is 68.4 cm³/mol. The van der Waals surface area contributed by atoms with Crippen LogP contribution in [0.1, 0.15) is 58.3 Å².